The zero-order valence-electron chi connectivity index (χ0n) is 9.00. The van der Waals surface area contributed by atoms with Crippen LogP contribution in [0.15, 0.2) is 24.3 Å². The van der Waals surface area contributed by atoms with Gasteiger partial charge >= 0.3 is 6.36 Å². The SMILES string of the molecule is NC1CNCC1c1cccc(OC(F)(F)F)c1. The van der Waals surface area contributed by atoms with Crippen molar-refractivity contribution in [2.45, 2.75) is 18.3 Å². The molecule has 3 nitrogen and oxygen atoms in total. The fraction of sp³-hybridized carbons (Fsp3) is 0.455. The van der Waals surface area contributed by atoms with Gasteiger partial charge in [0.1, 0.15) is 5.75 Å². The first-order valence-electron chi connectivity index (χ1n) is 5.28. The molecule has 2 rings (SSSR count). The third-order valence-electron chi connectivity index (χ3n) is 2.78. The van der Waals surface area contributed by atoms with Crippen molar-refractivity contribution < 1.29 is 17.9 Å². The Hall–Kier alpha value is -1.27. The number of nitrogens with one attached hydrogen (secondary N) is 1. The van der Waals surface area contributed by atoms with Crippen LogP contribution in [0.4, 0.5) is 13.2 Å². The Morgan fingerprint density at radius 2 is 2.06 bits per heavy atom. The number of hydrogen-bond donors (Lipinski definition) is 2. The second-order valence-corrected chi connectivity index (χ2v) is 4.05. The molecule has 1 saturated heterocycles. The molecule has 1 heterocycles. The van der Waals surface area contributed by atoms with E-state index in [0.29, 0.717) is 13.1 Å². The maximum absolute atomic E-state index is 12.1. The molecule has 0 spiro atoms. The Balaban J connectivity index is 2.16. The van der Waals surface area contributed by atoms with Crippen molar-refractivity contribution in [2.24, 2.45) is 5.73 Å². The average Bonchev–Trinajstić information content (AvgIpc) is 2.62. The fourth-order valence-corrected chi connectivity index (χ4v) is 2.01. The largest absolute Gasteiger partial charge is 0.573 e. The maximum Gasteiger partial charge on any atom is 0.573 e. The van der Waals surface area contributed by atoms with Gasteiger partial charge in [-0.05, 0) is 17.7 Å². The van der Waals surface area contributed by atoms with Gasteiger partial charge in [-0.15, -0.1) is 13.2 Å². The first kappa shape index (κ1) is 12.2. The summed E-state index contributed by atoms with van der Waals surface area (Å²) in [5, 5.41) is 3.10. The smallest absolute Gasteiger partial charge is 0.406 e. The lowest BCUT2D eigenvalue weighted by Gasteiger charge is -2.16. The standard InChI is InChI=1S/C11H13F3N2O/c12-11(13,14)17-8-3-1-2-7(4-8)9-5-16-6-10(9)15/h1-4,9-10,16H,5-6,15H2. The third-order valence-corrected chi connectivity index (χ3v) is 2.78. The predicted molar refractivity (Wildman–Crippen MR) is 56.7 cm³/mol. The summed E-state index contributed by atoms with van der Waals surface area (Å²) in [6.45, 7) is 1.35. The molecule has 94 valence electrons. The van der Waals surface area contributed by atoms with E-state index in [1.165, 1.54) is 12.1 Å². The van der Waals surface area contributed by atoms with Gasteiger partial charge in [0.15, 0.2) is 0 Å². The molecule has 0 amide bonds. The van der Waals surface area contributed by atoms with Gasteiger partial charge in [0.25, 0.3) is 0 Å². The van der Waals surface area contributed by atoms with Gasteiger partial charge in [0, 0.05) is 25.0 Å². The average molecular weight is 246 g/mol. The number of alkyl halides is 3. The van der Waals surface area contributed by atoms with Crippen molar-refractivity contribution in [1.82, 2.24) is 5.32 Å². The number of benzene rings is 1. The topological polar surface area (TPSA) is 47.3 Å². The van der Waals surface area contributed by atoms with Crippen molar-refractivity contribution >= 4 is 0 Å². The summed E-state index contributed by atoms with van der Waals surface area (Å²) in [5.41, 5.74) is 6.63. The van der Waals surface area contributed by atoms with Crippen molar-refractivity contribution in [2.75, 3.05) is 13.1 Å². The Labute approximate surface area is 96.8 Å². The summed E-state index contributed by atoms with van der Waals surface area (Å²) in [6, 6.07) is 5.91. The molecule has 1 fully saturated rings. The summed E-state index contributed by atoms with van der Waals surface area (Å²) < 4.78 is 40.1. The summed E-state index contributed by atoms with van der Waals surface area (Å²) in [6.07, 6.45) is -4.66. The van der Waals surface area contributed by atoms with Crippen LogP contribution in [0.1, 0.15) is 11.5 Å². The minimum absolute atomic E-state index is 0.0341. The van der Waals surface area contributed by atoms with E-state index >= 15 is 0 Å². The van der Waals surface area contributed by atoms with Crippen LogP contribution in [0, 0.1) is 0 Å². The van der Waals surface area contributed by atoms with E-state index < -0.39 is 6.36 Å². The van der Waals surface area contributed by atoms with E-state index in [0.717, 1.165) is 5.56 Å². The summed E-state index contributed by atoms with van der Waals surface area (Å²) in [7, 11) is 0. The van der Waals surface area contributed by atoms with Gasteiger partial charge in [-0.3, -0.25) is 0 Å². The molecule has 0 saturated carbocycles. The quantitative estimate of drug-likeness (QED) is 0.833. The molecule has 0 bridgehead atoms. The van der Waals surface area contributed by atoms with Gasteiger partial charge < -0.3 is 15.8 Å². The van der Waals surface area contributed by atoms with Crippen LogP contribution < -0.4 is 15.8 Å². The maximum atomic E-state index is 12.1. The minimum Gasteiger partial charge on any atom is -0.406 e. The lowest BCUT2D eigenvalue weighted by atomic mass is 9.95. The van der Waals surface area contributed by atoms with E-state index in [4.69, 9.17) is 5.73 Å². The predicted octanol–water partition coefficient (Wildman–Crippen LogP) is 1.60. The van der Waals surface area contributed by atoms with Gasteiger partial charge in [-0.25, -0.2) is 0 Å². The molecular weight excluding hydrogens is 233 g/mol. The highest BCUT2D eigenvalue weighted by Gasteiger charge is 2.32. The van der Waals surface area contributed by atoms with Crippen LogP contribution in [0.25, 0.3) is 0 Å². The molecular formula is C11H13F3N2O. The Kier molecular flexibility index (Phi) is 3.26. The molecule has 17 heavy (non-hydrogen) atoms. The van der Waals surface area contributed by atoms with Crippen LogP contribution in [0.5, 0.6) is 5.75 Å². The fourth-order valence-electron chi connectivity index (χ4n) is 2.01. The molecule has 1 aromatic carbocycles. The molecule has 0 radical (unpaired) electrons. The van der Waals surface area contributed by atoms with E-state index in [1.54, 1.807) is 12.1 Å². The number of nitrogens with two attached hydrogens (primary N) is 1. The lowest BCUT2D eigenvalue weighted by Crippen LogP contribution is -2.27. The number of rotatable bonds is 2. The van der Waals surface area contributed by atoms with Crippen molar-refractivity contribution in [3.8, 4) is 5.75 Å². The van der Waals surface area contributed by atoms with Crippen LogP contribution in [-0.4, -0.2) is 25.5 Å². The van der Waals surface area contributed by atoms with Crippen molar-refractivity contribution in [3.63, 3.8) is 0 Å². The highest BCUT2D eigenvalue weighted by Crippen LogP contribution is 2.28. The third kappa shape index (κ3) is 3.10. The zero-order chi connectivity index (χ0) is 12.5. The molecule has 2 atom stereocenters. The van der Waals surface area contributed by atoms with Gasteiger partial charge in [0.2, 0.25) is 0 Å². The Morgan fingerprint density at radius 1 is 1.29 bits per heavy atom. The molecule has 1 aromatic rings. The van der Waals surface area contributed by atoms with Crippen LogP contribution in [-0.2, 0) is 0 Å². The highest BCUT2D eigenvalue weighted by atomic mass is 19.4. The summed E-state index contributed by atoms with van der Waals surface area (Å²) >= 11 is 0. The normalized spacial score (nSPS) is 24.9. The van der Waals surface area contributed by atoms with Crippen LogP contribution in [0.2, 0.25) is 0 Å². The van der Waals surface area contributed by atoms with E-state index in [9.17, 15) is 13.2 Å². The zero-order valence-corrected chi connectivity index (χ0v) is 9.00. The minimum atomic E-state index is -4.66. The lowest BCUT2D eigenvalue weighted by molar-refractivity contribution is -0.274. The Bertz CT molecular complexity index is 395. The van der Waals surface area contributed by atoms with Crippen LogP contribution >= 0.6 is 0 Å². The number of ether oxygens (including phenoxy) is 1. The monoisotopic (exact) mass is 246 g/mol. The molecule has 1 aliphatic heterocycles. The van der Waals surface area contributed by atoms with Gasteiger partial charge in [-0.1, -0.05) is 12.1 Å². The Morgan fingerprint density at radius 3 is 2.65 bits per heavy atom. The number of halogens is 3. The molecule has 6 heteroatoms. The van der Waals surface area contributed by atoms with Gasteiger partial charge in [0.05, 0.1) is 0 Å². The number of hydrogen-bond acceptors (Lipinski definition) is 3. The summed E-state index contributed by atoms with van der Waals surface area (Å²) in [4.78, 5) is 0. The molecule has 0 aliphatic carbocycles. The van der Waals surface area contributed by atoms with E-state index in [2.05, 4.69) is 10.1 Å². The summed E-state index contributed by atoms with van der Waals surface area (Å²) in [5.74, 6) is -0.166. The van der Waals surface area contributed by atoms with Gasteiger partial charge in [-0.2, -0.15) is 0 Å². The highest BCUT2D eigenvalue weighted by molar-refractivity contribution is 5.32. The molecule has 0 aromatic heterocycles. The second kappa shape index (κ2) is 4.54. The van der Waals surface area contributed by atoms with E-state index in [-0.39, 0.29) is 17.7 Å². The van der Waals surface area contributed by atoms with Crippen LogP contribution in [0.3, 0.4) is 0 Å². The van der Waals surface area contributed by atoms with E-state index in [1.807, 2.05) is 0 Å². The second-order valence-electron chi connectivity index (χ2n) is 4.05. The first-order valence-corrected chi connectivity index (χ1v) is 5.28. The molecule has 2 unspecified atom stereocenters. The first-order chi connectivity index (χ1) is 7.96. The molecule has 3 N–H and O–H groups in total. The molecule has 1 aliphatic rings. The van der Waals surface area contributed by atoms with Crippen molar-refractivity contribution in [3.05, 3.63) is 29.8 Å². The van der Waals surface area contributed by atoms with Crippen molar-refractivity contribution in [1.29, 1.82) is 0 Å².